The summed E-state index contributed by atoms with van der Waals surface area (Å²) in [7, 11) is 0. The molecule has 3 nitrogen and oxygen atoms in total. The van der Waals surface area contributed by atoms with Crippen LogP contribution in [0, 0.1) is 17.0 Å². The van der Waals surface area contributed by atoms with E-state index in [-0.39, 0.29) is 17.8 Å². The van der Waals surface area contributed by atoms with Crippen LogP contribution in [-0.4, -0.2) is 38.0 Å². The molecule has 18 heavy (non-hydrogen) atoms. The topological polar surface area (TPSA) is 41.5 Å². The minimum Gasteiger partial charge on any atom is -0.396 e. The maximum absolute atomic E-state index is 13.3. The number of nitrogens with one attached hydrogen (secondary N) is 1. The van der Waals surface area contributed by atoms with Gasteiger partial charge in [0.15, 0.2) is 0 Å². The van der Waals surface area contributed by atoms with E-state index < -0.39 is 5.82 Å². The normalized spacial score (nSPS) is 17.5. The third kappa shape index (κ3) is 3.04. The smallest absolute Gasteiger partial charge is 0.126 e. The number of aliphatic hydroxyl groups is 1. The molecule has 1 fully saturated rings. The van der Waals surface area contributed by atoms with Crippen molar-refractivity contribution in [2.24, 2.45) is 5.41 Å². The summed E-state index contributed by atoms with van der Waals surface area (Å²) in [6.07, 6.45) is 0.423. The summed E-state index contributed by atoms with van der Waals surface area (Å²) < 4.78 is 31.3. The second-order valence-electron chi connectivity index (χ2n) is 4.81. The Morgan fingerprint density at radius 3 is 2.72 bits per heavy atom. The fourth-order valence-corrected chi connectivity index (χ4v) is 1.95. The van der Waals surface area contributed by atoms with E-state index in [0.29, 0.717) is 38.3 Å². The Kier molecular flexibility index (Phi) is 4.27. The van der Waals surface area contributed by atoms with Gasteiger partial charge in [0.25, 0.3) is 0 Å². The van der Waals surface area contributed by atoms with Crippen molar-refractivity contribution in [3.63, 3.8) is 0 Å². The second-order valence-corrected chi connectivity index (χ2v) is 4.81. The molecular weight excluding hydrogens is 240 g/mol. The van der Waals surface area contributed by atoms with Crippen molar-refractivity contribution < 1.29 is 18.6 Å². The van der Waals surface area contributed by atoms with E-state index in [4.69, 9.17) is 4.74 Å². The first-order valence-electron chi connectivity index (χ1n) is 5.98. The zero-order chi connectivity index (χ0) is 13.0. The lowest BCUT2D eigenvalue weighted by molar-refractivity contribution is -0.134. The Bertz CT molecular complexity index is 402. The average Bonchev–Trinajstić information content (AvgIpc) is 2.31. The predicted octanol–water partition coefficient (Wildman–Crippen LogP) is 1.11. The van der Waals surface area contributed by atoms with E-state index in [1.165, 1.54) is 6.07 Å². The summed E-state index contributed by atoms with van der Waals surface area (Å²) in [5.74, 6) is -0.812. The van der Waals surface area contributed by atoms with Crippen LogP contribution in [0.4, 0.5) is 8.78 Å². The van der Waals surface area contributed by atoms with Crippen LogP contribution in [0.2, 0.25) is 0 Å². The van der Waals surface area contributed by atoms with Crippen molar-refractivity contribution in [2.45, 2.75) is 6.42 Å². The standard InChI is InChI=1S/C13H17F2NO2/c14-11-1-2-12(15)10(5-11)3-4-16-6-13(7-17)8-18-9-13/h1-2,5,16-17H,3-4,6-9H2. The molecule has 0 spiro atoms. The molecule has 0 aliphatic carbocycles. The van der Waals surface area contributed by atoms with Crippen LogP contribution in [0.5, 0.6) is 0 Å². The van der Waals surface area contributed by atoms with E-state index in [9.17, 15) is 13.9 Å². The Labute approximate surface area is 105 Å². The Morgan fingerprint density at radius 2 is 2.11 bits per heavy atom. The van der Waals surface area contributed by atoms with Crippen molar-refractivity contribution in [2.75, 3.05) is 32.9 Å². The summed E-state index contributed by atoms with van der Waals surface area (Å²) in [5, 5.41) is 12.3. The molecule has 0 atom stereocenters. The fraction of sp³-hybridized carbons (Fsp3) is 0.538. The Balaban J connectivity index is 1.76. The van der Waals surface area contributed by atoms with E-state index in [0.717, 1.165) is 12.1 Å². The summed E-state index contributed by atoms with van der Waals surface area (Å²) in [4.78, 5) is 0. The molecule has 0 aromatic heterocycles. The van der Waals surface area contributed by atoms with E-state index in [1.54, 1.807) is 0 Å². The number of ether oxygens (including phenoxy) is 1. The molecule has 1 heterocycles. The van der Waals surface area contributed by atoms with Gasteiger partial charge in [0, 0.05) is 6.54 Å². The van der Waals surface area contributed by atoms with Gasteiger partial charge in [-0.1, -0.05) is 0 Å². The summed E-state index contributed by atoms with van der Waals surface area (Å²) in [6, 6.07) is 3.46. The largest absolute Gasteiger partial charge is 0.396 e. The van der Waals surface area contributed by atoms with Crippen LogP contribution in [-0.2, 0) is 11.2 Å². The minimum absolute atomic E-state index is 0.0777. The molecule has 0 unspecified atom stereocenters. The lowest BCUT2D eigenvalue weighted by Crippen LogP contribution is -2.52. The molecule has 2 N–H and O–H groups in total. The molecule has 1 aromatic carbocycles. The zero-order valence-corrected chi connectivity index (χ0v) is 10.1. The zero-order valence-electron chi connectivity index (χ0n) is 10.1. The molecule has 1 aliphatic heterocycles. The molecular formula is C13H17F2NO2. The third-order valence-electron chi connectivity index (χ3n) is 3.23. The lowest BCUT2D eigenvalue weighted by atomic mass is 9.87. The van der Waals surface area contributed by atoms with Crippen molar-refractivity contribution in [1.29, 1.82) is 0 Å². The first kappa shape index (κ1) is 13.4. The number of halogens is 2. The number of hydrogen-bond acceptors (Lipinski definition) is 3. The van der Waals surface area contributed by atoms with Crippen LogP contribution in [0.3, 0.4) is 0 Å². The third-order valence-corrected chi connectivity index (χ3v) is 3.23. The molecule has 0 saturated carbocycles. The van der Waals surface area contributed by atoms with Gasteiger partial charge in [-0.15, -0.1) is 0 Å². The molecule has 0 bridgehead atoms. The molecule has 1 aromatic rings. The maximum Gasteiger partial charge on any atom is 0.126 e. The van der Waals surface area contributed by atoms with Gasteiger partial charge in [0.1, 0.15) is 11.6 Å². The maximum atomic E-state index is 13.3. The highest BCUT2D eigenvalue weighted by Gasteiger charge is 2.37. The average molecular weight is 257 g/mol. The fourth-order valence-electron chi connectivity index (χ4n) is 1.95. The summed E-state index contributed by atoms with van der Waals surface area (Å²) in [6.45, 7) is 2.34. The van der Waals surface area contributed by atoms with Crippen LogP contribution < -0.4 is 5.32 Å². The highest BCUT2D eigenvalue weighted by Crippen LogP contribution is 2.25. The molecule has 1 saturated heterocycles. The van der Waals surface area contributed by atoms with E-state index >= 15 is 0 Å². The van der Waals surface area contributed by atoms with Gasteiger partial charge in [0.2, 0.25) is 0 Å². The second kappa shape index (κ2) is 5.73. The first-order valence-corrected chi connectivity index (χ1v) is 5.98. The molecule has 100 valence electrons. The Hall–Kier alpha value is -1.04. The van der Waals surface area contributed by atoms with Gasteiger partial charge in [-0.2, -0.15) is 0 Å². The number of rotatable bonds is 6. The quantitative estimate of drug-likeness (QED) is 0.750. The van der Waals surface area contributed by atoms with Gasteiger partial charge in [0.05, 0.1) is 25.2 Å². The highest BCUT2D eigenvalue weighted by atomic mass is 19.1. The van der Waals surface area contributed by atoms with Crippen LogP contribution in [0.25, 0.3) is 0 Å². The SMILES string of the molecule is OCC1(CNCCc2cc(F)ccc2F)COC1. The van der Waals surface area contributed by atoms with Crippen molar-refractivity contribution in [1.82, 2.24) is 5.32 Å². The first-order chi connectivity index (χ1) is 8.65. The molecule has 1 aliphatic rings. The highest BCUT2D eigenvalue weighted by molar-refractivity contribution is 5.19. The monoisotopic (exact) mass is 257 g/mol. The minimum atomic E-state index is -0.425. The van der Waals surface area contributed by atoms with Crippen LogP contribution in [0.1, 0.15) is 5.56 Å². The van der Waals surface area contributed by atoms with Gasteiger partial charge >= 0.3 is 0 Å². The Morgan fingerprint density at radius 1 is 1.33 bits per heavy atom. The molecule has 0 radical (unpaired) electrons. The van der Waals surface area contributed by atoms with Gasteiger partial charge in [-0.25, -0.2) is 8.78 Å². The molecule has 5 heteroatoms. The van der Waals surface area contributed by atoms with Crippen molar-refractivity contribution in [3.8, 4) is 0 Å². The number of aliphatic hydroxyl groups excluding tert-OH is 1. The van der Waals surface area contributed by atoms with Crippen LogP contribution >= 0.6 is 0 Å². The van der Waals surface area contributed by atoms with E-state index in [1.807, 2.05) is 0 Å². The number of benzene rings is 1. The van der Waals surface area contributed by atoms with Crippen molar-refractivity contribution >= 4 is 0 Å². The van der Waals surface area contributed by atoms with Gasteiger partial charge in [-0.3, -0.25) is 0 Å². The predicted molar refractivity (Wildman–Crippen MR) is 63.3 cm³/mol. The van der Waals surface area contributed by atoms with Gasteiger partial charge in [-0.05, 0) is 36.7 Å². The number of hydrogen-bond donors (Lipinski definition) is 2. The molecule has 0 amide bonds. The van der Waals surface area contributed by atoms with Crippen LogP contribution in [0.15, 0.2) is 18.2 Å². The van der Waals surface area contributed by atoms with Crippen molar-refractivity contribution in [3.05, 3.63) is 35.4 Å². The van der Waals surface area contributed by atoms with E-state index in [2.05, 4.69) is 5.32 Å². The van der Waals surface area contributed by atoms with Gasteiger partial charge < -0.3 is 15.2 Å². The summed E-state index contributed by atoms with van der Waals surface area (Å²) in [5.41, 5.74) is 0.172. The lowest BCUT2D eigenvalue weighted by Gasteiger charge is -2.40. The molecule has 2 rings (SSSR count). The summed E-state index contributed by atoms with van der Waals surface area (Å²) >= 11 is 0.